The summed E-state index contributed by atoms with van der Waals surface area (Å²) in [5.41, 5.74) is 3.20. The molecule has 0 aliphatic carbocycles. The minimum atomic E-state index is -0.0790. The number of carbonyl (C=O) groups excluding carboxylic acids is 2. The van der Waals surface area contributed by atoms with Crippen molar-refractivity contribution in [1.82, 2.24) is 15.1 Å². The number of carbonyl (C=O) groups is 2. The van der Waals surface area contributed by atoms with Crippen LogP contribution in [0.4, 0.5) is 11.5 Å². The van der Waals surface area contributed by atoms with Crippen LogP contribution in [0.5, 0.6) is 0 Å². The van der Waals surface area contributed by atoms with Crippen molar-refractivity contribution >= 4 is 23.3 Å². The third-order valence-corrected chi connectivity index (χ3v) is 7.13. The van der Waals surface area contributed by atoms with E-state index in [2.05, 4.69) is 38.6 Å². The van der Waals surface area contributed by atoms with Crippen molar-refractivity contribution in [1.29, 1.82) is 5.26 Å². The molecule has 2 saturated heterocycles. The lowest BCUT2D eigenvalue weighted by atomic mass is 9.89. The Labute approximate surface area is 210 Å². The van der Waals surface area contributed by atoms with Crippen molar-refractivity contribution in [2.24, 2.45) is 5.92 Å². The van der Waals surface area contributed by atoms with Crippen molar-refractivity contribution in [2.45, 2.75) is 25.2 Å². The molecule has 3 heterocycles. The van der Waals surface area contributed by atoms with Crippen molar-refractivity contribution < 1.29 is 9.59 Å². The standard InChI is InChI=1S/C28H28N6O2/c29-18-20-3-5-23(6-4-20)28(36)33-15-11-22(12-16-33)21-7-9-25(10-8-21)31-27(35)24-13-17-34(19-24)26-2-1-14-30-32-26/h1-10,14,22,24H,11-13,15-17,19H2,(H,31,35). The van der Waals surface area contributed by atoms with E-state index in [0.29, 0.717) is 36.7 Å². The van der Waals surface area contributed by atoms with Crippen LogP contribution in [0.3, 0.4) is 0 Å². The zero-order valence-corrected chi connectivity index (χ0v) is 20.0. The number of piperidine rings is 1. The Morgan fingerprint density at radius 3 is 2.36 bits per heavy atom. The number of hydrogen-bond donors (Lipinski definition) is 1. The van der Waals surface area contributed by atoms with Gasteiger partial charge in [-0.3, -0.25) is 9.59 Å². The number of hydrogen-bond acceptors (Lipinski definition) is 6. The van der Waals surface area contributed by atoms with Crippen LogP contribution >= 0.6 is 0 Å². The fourth-order valence-electron chi connectivity index (χ4n) is 5.01. The summed E-state index contributed by atoms with van der Waals surface area (Å²) in [5, 5.41) is 20.1. The molecule has 1 unspecified atom stereocenters. The average molecular weight is 481 g/mol. The predicted octanol–water partition coefficient (Wildman–Crippen LogP) is 3.83. The maximum atomic E-state index is 12.8. The predicted molar refractivity (Wildman–Crippen MR) is 136 cm³/mol. The third kappa shape index (κ3) is 5.20. The fourth-order valence-corrected chi connectivity index (χ4v) is 5.01. The van der Waals surface area contributed by atoms with Crippen molar-refractivity contribution in [3.05, 3.63) is 83.6 Å². The maximum absolute atomic E-state index is 12.8. The lowest BCUT2D eigenvalue weighted by Crippen LogP contribution is -2.37. The Morgan fingerprint density at radius 2 is 1.69 bits per heavy atom. The first-order valence-corrected chi connectivity index (χ1v) is 12.3. The number of aromatic nitrogens is 2. The van der Waals surface area contributed by atoms with E-state index in [9.17, 15) is 9.59 Å². The van der Waals surface area contributed by atoms with E-state index < -0.39 is 0 Å². The van der Waals surface area contributed by atoms with Gasteiger partial charge >= 0.3 is 0 Å². The van der Waals surface area contributed by atoms with Crippen LogP contribution in [0.2, 0.25) is 0 Å². The minimum Gasteiger partial charge on any atom is -0.354 e. The summed E-state index contributed by atoms with van der Waals surface area (Å²) >= 11 is 0. The van der Waals surface area contributed by atoms with E-state index in [0.717, 1.165) is 37.3 Å². The number of anilines is 2. The first kappa shape index (κ1) is 23.5. The van der Waals surface area contributed by atoms with E-state index in [-0.39, 0.29) is 17.7 Å². The number of rotatable bonds is 5. The second-order valence-electron chi connectivity index (χ2n) is 9.38. The van der Waals surface area contributed by atoms with Gasteiger partial charge in [0.15, 0.2) is 5.82 Å². The molecule has 2 aromatic carbocycles. The molecule has 2 amide bonds. The second-order valence-corrected chi connectivity index (χ2v) is 9.38. The molecule has 0 saturated carbocycles. The maximum Gasteiger partial charge on any atom is 0.253 e. The average Bonchev–Trinajstić information content (AvgIpc) is 3.45. The van der Waals surface area contributed by atoms with E-state index >= 15 is 0 Å². The number of benzene rings is 2. The zero-order valence-electron chi connectivity index (χ0n) is 20.0. The molecule has 8 nitrogen and oxygen atoms in total. The van der Waals surface area contributed by atoms with Gasteiger partial charge in [0.2, 0.25) is 5.91 Å². The molecule has 182 valence electrons. The highest BCUT2D eigenvalue weighted by Crippen LogP contribution is 2.30. The van der Waals surface area contributed by atoms with Crippen LogP contribution in [-0.4, -0.2) is 53.1 Å². The van der Waals surface area contributed by atoms with Crippen LogP contribution < -0.4 is 10.2 Å². The van der Waals surface area contributed by atoms with Gasteiger partial charge in [-0.15, -0.1) is 5.10 Å². The molecular weight excluding hydrogens is 452 g/mol. The Balaban J connectivity index is 1.11. The van der Waals surface area contributed by atoms with E-state index in [1.54, 1.807) is 30.5 Å². The van der Waals surface area contributed by atoms with Crippen LogP contribution in [0.25, 0.3) is 0 Å². The quantitative estimate of drug-likeness (QED) is 0.595. The van der Waals surface area contributed by atoms with Gasteiger partial charge in [0.25, 0.3) is 5.91 Å². The summed E-state index contributed by atoms with van der Waals surface area (Å²) in [6.45, 7) is 2.84. The minimum absolute atomic E-state index is 0.0146. The van der Waals surface area contributed by atoms with Gasteiger partial charge in [-0.1, -0.05) is 12.1 Å². The summed E-state index contributed by atoms with van der Waals surface area (Å²) in [6, 6.07) is 20.8. The van der Waals surface area contributed by atoms with Gasteiger partial charge in [-0.2, -0.15) is 10.4 Å². The first-order chi connectivity index (χ1) is 17.6. The van der Waals surface area contributed by atoms with E-state index in [1.807, 2.05) is 29.2 Å². The molecule has 5 rings (SSSR count). The third-order valence-electron chi connectivity index (χ3n) is 7.13. The number of nitrogens with one attached hydrogen (secondary N) is 1. The van der Waals surface area contributed by atoms with Crippen molar-refractivity contribution in [2.75, 3.05) is 36.4 Å². The molecule has 0 radical (unpaired) electrons. The molecule has 0 spiro atoms. The van der Waals surface area contributed by atoms with Gasteiger partial charge in [0, 0.05) is 43.6 Å². The Morgan fingerprint density at radius 1 is 0.944 bits per heavy atom. The Bertz CT molecular complexity index is 1250. The van der Waals surface area contributed by atoms with Crippen molar-refractivity contribution in [3.8, 4) is 6.07 Å². The van der Waals surface area contributed by atoms with Gasteiger partial charge in [0.1, 0.15) is 0 Å². The second kappa shape index (κ2) is 10.6. The molecular formula is C28H28N6O2. The molecule has 1 aromatic heterocycles. The highest BCUT2D eigenvalue weighted by molar-refractivity contribution is 5.94. The molecule has 36 heavy (non-hydrogen) atoms. The molecule has 0 bridgehead atoms. The van der Waals surface area contributed by atoms with Crippen LogP contribution in [0.1, 0.15) is 46.7 Å². The number of nitrogens with zero attached hydrogens (tertiary/aromatic N) is 5. The molecule has 2 aliphatic heterocycles. The smallest absolute Gasteiger partial charge is 0.253 e. The summed E-state index contributed by atoms with van der Waals surface area (Å²) < 4.78 is 0. The summed E-state index contributed by atoms with van der Waals surface area (Å²) in [4.78, 5) is 29.6. The topological polar surface area (TPSA) is 102 Å². The van der Waals surface area contributed by atoms with Gasteiger partial charge in [-0.05, 0) is 79.3 Å². The number of amides is 2. The number of likely N-dealkylation sites (tertiary alicyclic amines) is 1. The highest BCUT2D eigenvalue weighted by atomic mass is 16.2. The number of nitriles is 1. The molecule has 1 atom stereocenters. The molecule has 8 heteroatoms. The van der Waals surface area contributed by atoms with Gasteiger partial charge < -0.3 is 15.1 Å². The SMILES string of the molecule is N#Cc1ccc(C(=O)N2CCC(c3ccc(NC(=O)C4CCN(c5cccnn5)C4)cc3)CC2)cc1. The fraction of sp³-hybridized carbons (Fsp3) is 0.321. The van der Waals surface area contributed by atoms with Gasteiger partial charge in [-0.25, -0.2) is 0 Å². The zero-order chi connectivity index (χ0) is 24.9. The molecule has 1 N–H and O–H groups in total. The summed E-state index contributed by atoms with van der Waals surface area (Å²) in [7, 11) is 0. The lowest BCUT2D eigenvalue weighted by molar-refractivity contribution is -0.119. The first-order valence-electron chi connectivity index (χ1n) is 12.3. The summed E-state index contributed by atoms with van der Waals surface area (Å²) in [5.74, 6) is 1.16. The molecule has 3 aromatic rings. The van der Waals surface area contributed by atoms with Crippen LogP contribution in [0, 0.1) is 17.2 Å². The van der Waals surface area contributed by atoms with Gasteiger partial charge in [0.05, 0.1) is 17.6 Å². The monoisotopic (exact) mass is 480 g/mol. The van der Waals surface area contributed by atoms with Crippen LogP contribution in [-0.2, 0) is 4.79 Å². The van der Waals surface area contributed by atoms with E-state index in [4.69, 9.17) is 5.26 Å². The molecule has 2 aliphatic rings. The van der Waals surface area contributed by atoms with Crippen molar-refractivity contribution in [3.63, 3.8) is 0 Å². The normalized spacial score (nSPS) is 18.0. The largest absolute Gasteiger partial charge is 0.354 e. The Kier molecular flexibility index (Phi) is 6.89. The summed E-state index contributed by atoms with van der Waals surface area (Å²) in [6.07, 6.45) is 4.23. The van der Waals surface area contributed by atoms with E-state index in [1.165, 1.54) is 5.56 Å². The lowest BCUT2D eigenvalue weighted by Gasteiger charge is -2.32. The highest BCUT2D eigenvalue weighted by Gasteiger charge is 2.29. The molecule has 2 fully saturated rings. The van der Waals surface area contributed by atoms with Crippen LogP contribution in [0.15, 0.2) is 66.9 Å². The Hall–Kier alpha value is -4.25.